The number of piperazine rings is 1. The van der Waals surface area contributed by atoms with Crippen LogP contribution in [-0.4, -0.2) is 87.9 Å². The van der Waals surface area contributed by atoms with Crippen LogP contribution >= 0.6 is 0 Å². The third-order valence-electron chi connectivity index (χ3n) is 12.5. The lowest BCUT2D eigenvalue weighted by atomic mass is 9.82. The summed E-state index contributed by atoms with van der Waals surface area (Å²) in [5, 5.41) is 5.38. The van der Waals surface area contributed by atoms with Crippen LogP contribution in [0.1, 0.15) is 64.2 Å². The van der Waals surface area contributed by atoms with Crippen molar-refractivity contribution in [1.29, 1.82) is 0 Å². The van der Waals surface area contributed by atoms with E-state index in [1.165, 1.54) is 12.3 Å². The first kappa shape index (κ1) is 39.1. The summed E-state index contributed by atoms with van der Waals surface area (Å²) in [6.45, 7) is 2.95. The minimum Gasteiger partial charge on any atom is -0.374 e. The summed E-state index contributed by atoms with van der Waals surface area (Å²) in [5.41, 5.74) is 8.33. The van der Waals surface area contributed by atoms with Gasteiger partial charge in [0.1, 0.15) is 17.6 Å². The van der Waals surface area contributed by atoms with E-state index in [2.05, 4.69) is 35.3 Å². The molecule has 5 N–H and O–H groups in total. The molecule has 2 aromatic heterocycles. The minimum absolute atomic E-state index is 0.0636. The van der Waals surface area contributed by atoms with E-state index >= 15 is 8.78 Å². The van der Waals surface area contributed by atoms with Crippen molar-refractivity contribution >= 4 is 35.0 Å². The normalized spacial score (nSPS) is 24.2. The Morgan fingerprint density at radius 1 is 0.828 bits per heavy atom. The number of carbonyl (C=O) groups excluding carboxylic acids is 3. The second kappa shape index (κ2) is 17.0. The molecule has 0 unspecified atom stereocenters. The number of amides is 3. The minimum atomic E-state index is -0.580. The van der Waals surface area contributed by atoms with Crippen LogP contribution in [0.2, 0.25) is 0 Å². The zero-order chi connectivity index (χ0) is 40.3. The molecule has 2 saturated heterocycles. The molecule has 2 aromatic carbocycles. The second-order valence-electron chi connectivity index (χ2n) is 16.0. The van der Waals surface area contributed by atoms with Crippen LogP contribution in [-0.2, 0) is 14.4 Å². The van der Waals surface area contributed by atoms with Gasteiger partial charge >= 0.3 is 0 Å². The van der Waals surface area contributed by atoms with Crippen LogP contribution < -0.4 is 31.7 Å². The van der Waals surface area contributed by atoms with Crippen molar-refractivity contribution in [2.75, 3.05) is 41.3 Å². The molecule has 0 radical (unpaired) electrons. The number of piperidine rings is 1. The largest absolute Gasteiger partial charge is 0.374 e. The molecule has 2 aliphatic heterocycles. The fourth-order valence-electron chi connectivity index (χ4n) is 9.35. The Labute approximate surface area is 335 Å². The lowest BCUT2D eigenvalue weighted by molar-refractivity contribution is -0.133. The summed E-state index contributed by atoms with van der Waals surface area (Å²) in [6, 6.07) is 15.5. The van der Waals surface area contributed by atoms with E-state index < -0.39 is 17.8 Å². The number of benzene rings is 2. The second-order valence-corrected chi connectivity index (χ2v) is 16.0. The molecule has 4 fully saturated rings. The number of nitrogens with two attached hydrogens (primary N) is 1. The highest BCUT2D eigenvalue weighted by Gasteiger charge is 2.37. The number of H-pyrrole nitrogens is 1. The highest BCUT2D eigenvalue weighted by Crippen LogP contribution is 2.37. The first-order valence-electron chi connectivity index (χ1n) is 20.4. The average molecular weight is 794 g/mol. The van der Waals surface area contributed by atoms with Crippen molar-refractivity contribution in [2.45, 2.75) is 88.4 Å². The first-order chi connectivity index (χ1) is 28.1. The van der Waals surface area contributed by atoms with E-state index in [9.17, 15) is 19.2 Å². The van der Waals surface area contributed by atoms with Gasteiger partial charge in [-0.25, -0.2) is 18.7 Å². The molecule has 58 heavy (non-hydrogen) atoms. The molecular formula is C43H49F2N9O4. The van der Waals surface area contributed by atoms with Gasteiger partial charge in [-0.3, -0.25) is 29.4 Å². The molecule has 3 amide bonds. The molecule has 4 aliphatic rings. The highest BCUT2D eigenvalue weighted by molar-refractivity contribution is 6.01. The molecule has 2 aliphatic carbocycles. The van der Waals surface area contributed by atoms with Gasteiger partial charge in [0.15, 0.2) is 5.82 Å². The maximum atomic E-state index is 15.6. The number of pyridine rings is 1. The van der Waals surface area contributed by atoms with Crippen molar-refractivity contribution in [3.63, 3.8) is 0 Å². The SMILES string of the molecule is NC(=O)C1CCC(N(c2ncc(F)c(-c3cccc(-c4ccc[nH]c4=O)c3)n2)C2CCC(N3CCN(c4ccc(N[C@H]5CCC(=O)NC5=O)cc4F)CC3)CC2)CC1. The number of aromatic nitrogens is 3. The van der Waals surface area contributed by atoms with Gasteiger partial charge in [-0.05, 0) is 99.7 Å². The van der Waals surface area contributed by atoms with E-state index in [-0.39, 0.29) is 53.3 Å². The molecular weight excluding hydrogens is 745 g/mol. The Kier molecular flexibility index (Phi) is 11.5. The van der Waals surface area contributed by atoms with Crippen LogP contribution in [0, 0.1) is 17.6 Å². The van der Waals surface area contributed by atoms with Crippen molar-refractivity contribution < 1.29 is 23.2 Å². The predicted molar refractivity (Wildman–Crippen MR) is 217 cm³/mol. The Morgan fingerprint density at radius 2 is 1.55 bits per heavy atom. The summed E-state index contributed by atoms with van der Waals surface area (Å²) in [7, 11) is 0. The molecule has 0 bridgehead atoms. The molecule has 4 aromatic rings. The zero-order valence-corrected chi connectivity index (χ0v) is 32.3. The Hall–Kier alpha value is -5.70. The van der Waals surface area contributed by atoms with E-state index in [1.807, 2.05) is 6.07 Å². The number of anilines is 3. The van der Waals surface area contributed by atoms with Crippen LogP contribution in [0.3, 0.4) is 0 Å². The number of halogens is 2. The number of primary amides is 1. The first-order valence-corrected chi connectivity index (χ1v) is 20.4. The lowest BCUT2D eigenvalue weighted by Crippen LogP contribution is -2.54. The summed E-state index contributed by atoms with van der Waals surface area (Å²) in [4.78, 5) is 67.3. The Balaban J connectivity index is 0.939. The molecule has 13 nitrogen and oxygen atoms in total. The maximum Gasteiger partial charge on any atom is 0.255 e. The Bertz CT molecular complexity index is 2210. The van der Waals surface area contributed by atoms with Gasteiger partial charge in [0.25, 0.3) is 5.56 Å². The number of hydrogen-bond donors (Lipinski definition) is 4. The van der Waals surface area contributed by atoms with Crippen LogP contribution in [0.25, 0.3) is 22.4 Å². The molecule has 15 heteroatoms. The van der Waals surface area contributed by atoms with E-state index in [0.717, 1.165) is 51.6 Å². The van der Waals surface area contributed by atoms with Gasteiger partial charge in [0.2, 0.25) is 23.7 Å². The number of imide groups is 1. The summed E-state index contributed by atoms with van der Waals surface area (Å²) < 4.78 is 31.0. The quantitative estimate of drug-likeness (QED) is 0.161. The molecule has 0 spiro atoms. The number of nitrogens with zero attached hydrogens (tertiary/aromatic N) is 5. The predicted octanol–water partition coefficient (Wildman–Crippen LogP) is 4.98. The fraction of sp³-hybridized carbons (Fsp3) is 0.442. The zero-order valence-electron chi connectivity index (χ0n) is 32.3. The fourth-order valence-corrected chi connectivity index (χ4v) is 9.35. The number of rotatable bonds is 10. The maximum absolute atomic E-state index is 15.6. The molecule has 8 rings (SSSR count). The standard InChI is InChI=1S/C43H49F2N9O4/c44-34-24-29(49-36-15-17-38(55)50-42(36)58)8-16-37(34)53-21-19-52(20-22-53)30-11-13-32(14-12-30)54(31-9-6-26(7-10-31)40(46)56)43-48-25-35(45)39(51-43)28-4-1-3-27(23-28)33-5-2-18-47-41(33)57/h1-5,8,16,18,23-26,30-32,36,49H,6-7,9-15,17,19-22H2,(H2,46,56)(H,47,57)(H,50,55,58)/t26?,30?,31?,32?,36-/m0/s1. The van der Waals surface area contributed by atoms with Gasteiger partial charge in [0.05, 0.1) is 11.9 Å². The van der Waals surface area contributed by atoms with E-state index in [4.69, 9.17) is 10.7 Å². The lowest BCUT2D eigenvalue weighted by Gasteiger charge is -2.46. The van der Waals surface area contributed by atoms with Crippen molar-refractivity contribution in [2.24, 2.45) is 11.7 Å². The molecule has 304 valence electrons. The summed E-state index contributed by atoms with van der Waals surface area (Å²) >= 11 is 0. The molecule has 4 heterocycles. The van der Waals surface area contributed by atoms with Gasteiger partial charge in [-0.15, -0.1) is 0 Å². The van der Waals surface area contributed by atoms with Gasteiger partial charge in [-0.2, -0.15) is 0 Å². The van der Waals surface area contributed by atoms with Gasteiger partial charge < -0.3 is 25.8 Å². The Morgan fingerprint density at radius 3 is 2.24 bits per heavy atom. The monoisotopic (exact) mass is 793 g/mol. The summed E-state index contributed by atoms with van der Waals surface area (Å²) in [6.07, 6.45) is 9.96. The summed E-state index contributed by atoms with van der Waals surface area (Å²) in [5.74, 6) is -1.59. The molecule has 2 saturated carbocycles. The van der Waals surface area contributed by atoms with Crippen molar-refractivity contribution in [3.8, 4) is 22.4 Å². The third-order valence-corrected chi connectivity index (χ3v) is 12.5. The van der Waals surface area contributed by atoms with Crippen molar-refractivity contribution in [1.82, 2.24) is 25.2 Å². The van der Waals surface area contributed by atoms with Gasteiger partial charge in [-0.1, -0.05) is 18.2 Å². The smallest absolute Gasteiger partial charge is 0.255 e. The van der Waals surface area contributed by atoms with Gasteiger partial charge in [0, 0.05) is 79.7 Å². The van der Waals surface area contributed by atoms with E-state index in [0.29, 0.717) is 72.4 Å². The molecule has 1 atom stereocenters. The number of carbonyl (C=O) groups is 3. The third kappa shape index (κ3) is 8.45. The number of aromatic amines is 1. The topological polar surface area (TPSA) is 170 Å². The van der Waals surface area contributed by atoms with Crippen molar-refractivity contribution in [3.05, 3.63) is 89.0 Å². The van der Waals surface area contributed by atoms with E-state index in [1.54, 1.807) is 48.7 Å². The van der Waals surface area contributed by atoms with Crippen LogP contribution in [0.15, 0.2) is 71.8 Å². The van der Waals surface area contributed by atoms with Crippen LogP contribution in [0.5, 0.6) is 0 Å². The highest BCUT2D eigenvalue weighted by atomic mass is 19.1. The number of hydrogen-bond acceptors (Lipinski definition) is 10. The average Bonchev–Trinajstić information content (AvgIpc) is 3.23. The van der Waals surface area contributed by atoms with Crippen LogP contribution in [0.4, 0.5) is 26.1 Å². The number of nitrogens with one attached hydrogen (secondary N) is 3.